The van der Waals surface area contributed by atoms with Crippen LogP contribution in [0.4, 0.5) is 8.78 Å². The minimum Gasteiger partial charge on any atom is -0.493 e. The smallest absolute Gasteiger partial charge is 0.341 e. The van der Waals surface area contributed by atoms with Crippen molar-refractivity contribution in [2.75, 3.05) is 27.4 Å². The molecule has 0 spiro atoms. The molecule has 36 heavy (non-hydrogen) atoms. The molecule has 0 bridgehead atoms. The first kappa shape index (κ1) is 29.5. The summed E-state index contributed by atoms with van der Waals surface area (Å²) in [7, 11) is 2.62. The SMILES string of the molecule is CCOc1cc(-c2ccc(F)cc2F)c(Br)cc1C(=O)OC.CCOc1cc(I)ccc1C(=O)OC. The number of hydrogen-bond donors (Lipinski definition) is 0. The number of methoxy groups -OCH3 is 2. The number of hydrogen-bond acceptors (Lipinski definition) is 6. The van der Waals surface area contributed by atoms with Gasteiger partial charge in [-0.05, 0) is 78.9 Å². The summed E-state index contributed by atoms with van der Waals surface area (Å²) in [6.07, 6.45) is 0. The standard InChI is InChI=1S/C16H13BrF2O3.C10H11IO3/c1-3-22-15-8-11(10-5-4-9(18)6-14(10)19)13(17)7-12(15)16(20)21-2;1-3-14-9-6-7(11)4-5-8(9)10(12)13-2/h4-8H,3H2,1-2H3;4-6H,3H2,1-2H3. The van der Waals surface area contributed by atoms with Gasteiger partial charge in [0, 0.05) is 25.2 Å². The van der Waals surface area contributed by atoms with Gasteiger partial charge in [0.15, 0.2) is 0 Å². The number of benzene rings is 3. The molecule has 0 atom stereocenters. The van der Waals surface area contributed by atoms with Gasteiger partial charge in [0.2, 0.25) is 0 Å². The molecule has 10 heteroatoms. The molecule has 6 nitrogen and oxygen atoms in total. The van der Waals surface area contributed by atoms with Crippen molar-refractivity contribution >= 4 is 50.5 Å². The Morgan fingerprint density at radius 1 is 0.806 bits per heavy atom. The molecule has 0 heterocycles. The van der Waals surface area contributed by atoms with Crippen molar-refractivity contribution in [1.29, 1.82) is 0 Å². The van der Waals surface area contributed by atoms with Crippen LogP contribution in [0.2, 0.25) is 0 Å². The molecule has 0 aliphatic rings. The van der Waals surface area contributed by atoms with Crippen LogP contribution in [-0.2, 0) is 9.47 Å². The topological polar surface area (TPSA) is 71.1 Å². The van der Waals surface area contributed by atoms with Crippen LogP contribution in [0.1, 0.15) is 34.6 Å². The Morgan fingerprint density at radius 3 is 1.94 bits per heavy atom. The van der Waals surface area contributed by atoms with Crippen LogP contribution < -0.4 is 9.47 Å². The maximum atomic E-state index is 14.0. The Balaban J connectivity index is 0.000000281. The predicted molar refractivity (Wildman–Crippen MR) is 144 cm³/mol. The zero-order valence-corrected chi connectivity index (χ0v) is 23.7. The lowest BCUT2D eigenvalue weighted by molar-refractivity contribution is 0.0587. The van der Waals surface area contributed by atoms with E-state index in [2.05, 4.69) is 43.3 Å². The van der Waals surface area contributed by atoms with E-state index in [1.54, 1.807) is 13.0 Å². The van der Waals surface area contributed by atoms with Gasteiger partial charge >= 0.3 is 11.9 Å². The summed E-state index contributed by atoms with van der Waals surface area (Å²) in [6, 6.07) is 11.7. The molecule has 0 aromatic heterocycles. The van der Waals surface area contributed by atoms with E-state index >= 15 is 0 Å². The van der Waals surface area contributed by atoms with E-state index in [1.807, 2.05) is 19.1 Å². The number of carbonyl (C=O) groups is 2. The van der Waals surface area contributed by atoms with Crippen molar-refractivity contribution in [3.63, 3.8) is 0 Å². The van der Waals surface area contributed by atoms with Crippen LogP contribution in [0.5, 0.6) is 11.5 Å². The third kappa shape index (κ3) is 7.63. The zero-order valence-electron chi connectivity index (χ0n) is 20.0. The van der Waals surface area contributed by atoms with E-state index < -0.39 is 17.6 Å². The van der Waals surface area contributed by atoms with Crippen LogP contribution in [0.15, 0.2) is 53.0 Å². The highest BCUT2D eigenvalue weighted by molar-refractivity contribution is 14.1. The zero-order chi connectivity index (χ0) is 26.8. The summed E-state index contributed by atoms with van der Waals surface area (Å²) in [4.78, 5) is 23.1. The van der Waals surface area contributed by atoms with Gasteiger partial charge in [0.25, 0.3) is 0 Å². The highest BCUT2D eigenvalue weighted by Gasteiger charge is 2.19. The van der Waals surface area contributed by atoms with Gasteiger partial charge in [-0.2, -0.15) is 0 Å². The number of rotatable bonds is 7. The number of esters is 2. The molecule has 0 unspecified atom stereocenters. The lowest BCUT2D eigenvalue weighted by atomic mass is 10.0. The van der Waals surface area contributed by atoms with Crippen molar-refractivity contribution in [1.82, 2.24) is 0 Å². The van der Waals surface area contributed by atoms with Crippen molar-refractivity contribution < 1.29 is 37.3 Å². The van der Waals surface area contributed by atoms with Crippen LogP contribution >= 0.6 is 38.5 Å². The molecule has 3 aromatic rings. The fourth-order valence-electron chi connectivity index (χ4n) is 3.06. The molecule has 0 radical (unpaired) electrons. The lowest BCUT2D eigenvalue weighted by Gasteiger charge is -2.13. The molecule has 0 N–H and O–H groups in total. The van der Waals surface area contributed by atoms with Gasteiger partial charge in [-0.15, -0.1) is 0 Å². The molecule has 0 aliphatic heterocycles. The molecule has 0 aliphatic carbocycles. The molecule has 0 amide bonds. The van der Waals surface area contributed by atoms with Gasteiger partial charge in [0.1, 0.15) is 34.3 Å². The third-order valence-corrected chi connectivity index (χ3v) is 5.97. The van der Waals surface area contributed by atoms with Crippen molar-refractivity contribution in [2.24, 2.45) is 0 Å². The third-order valence-electron chi connectivity index (χ3n) is 4.64. The first-order valence-electron chi connectivity index (χ1n) is 10.7. The maximum Gasteiger partial charge on any atom is 0.341 e. The number of carbonyl (C=O) groups excluding carboxylic acids is 2. The summed E-state index contributed by atoms with van der Waals surface area (Å²) in [6.45, 7) is 4.50. The van der Waals surface area contributed by atoms with Crippen LogP contribution in [-0.4, -0.2) is 39.4 Å². The Labute approximate surface area is 230 Å². The van der Waals surface area contributed by atoms with Crippen LogP contribution in [0, 0.1) is 15.2 Å². The molecular formula is C26H24BrF2IO6. The van der Waals surface area contributed by atoms with Gasteiger partial charge in [-0.25, -0.2) is 18.4 Å². The average Bonchev–Trinajstić information content (AvgIpc) is 2.85. The summed E-state index contributed by atoms with van der Waals surface area (Å²) in [5.74, 6) is -1.44. The quantitative estimate of drug-likeness (QED) is 0.197. The normalized spacial score (nSPS) is 10.1. The maximum absolute atomic E-state index is 14.0. The highest BCUT2D eigenvalue weighted by atomic mass is 127. The van der Waals surface area contributed by atoms with E-state index in [-0.39, 0.29) is 22.8 Å². The monoisotopic (exact) mass is 676 g/mol. The first-order chi connectivity index (χ1) is 17.2. The Hall–Kier alpha value is -2.73. The second kappa shape index (κ2) is 14.1. The lowest BCUT2D eigenvalue weighted by Crippen LogP contribution is -2.06. The van der Waals surface area contributed by atoms with E-state index in [4.69, 9.17) is 14.2 Å². The molecule has 3 rings (SSSR count). The summed E-state index contributed by atoms with van der Waals surface area (Å²) in [5.41, 5.74) is 1.34. The van der Waals surface area contributed by atoms with E-state index in [0.29, 0.717) is 34.6 Å². The molecule has 0 saturated heterocycles. The molecular weight excluding hydrogens is 653 g/mol. The Bertz CT molecular complexity index is 1240. The minimum absolute atomic E-state index is 0.200. The highest BCUT2D eigenvalue weighted by Crippen LogP contribution is 2.36. The van der Waals surface area contributed by atoms with Crippen molar-refractivity contribution in [2.45, 2.75) is 13.8 Å². The fraction of sp³-hybridized carbons (Fsp3) is 0.231. The molecule has 0 fully saturated rings. The van der Waals surface area contributed by atoms with E-state index in [0.717, 1.165) is 9.64 Å². The molecule has 0 saturated carbocycles. The minimum atomic E-state index is -0.700. The number of ether oxygens (including phenoxy) is 4. The second-order valence-corrected chi connectivity index (χ2v) is 9.04. The first-order valence-corrected chi connectivity index (χ1v) is 12.5. The molecule has 3 aromatic carbocycles. The van der Waals surface area contributed by atoms with Gasteiger partial charge < -0.3 is 18.9 Å². The van der Waals surface area contributed by atoms with E-state index in [9.17, 15) is 18.4 Å². The predicted octanol–water partition coefficient (Wildman–Crippen LogP) is 7.06. The summed E-state index contributed by atoms with van der Waals surface area (Å²) < 4.78 is 48.6. The number of halogens is 4. The average molecular weight is 677 g/mol. The van der Waals surface area contributed by atoms with Crippen LogP contribution in [0.25, 0.3) is 11.1 Å². The Kier molecular flexibility index (Phi) is 11.6. The molecule has 192 valence electrons. The van der Waals surface area contributed by atoms with Crippen molar-refractivity contribution in [3.05, 3.63) is 79.3 Å². The van der Waals surface area contributed by atoms with Gasteiger partial charge in [-0.3, -0.25) is 0 Å². The van der Waals surface area contributed by atoms with Gasteiger partial charge in [-0.1, -0.05) is 15.9 Å². The van der Waals surface area contributed by atoms with Gasteiger partial charge in [0.05, 0.1) is 27.4 Å². The largest absolute Gasteiger partial charge is 0.493 e. The second-order valence-electron chi connectivity index (χ2n) is 6.94. The fourth-order valence-corrected chi connectivity index (χ4v) is 4.08. The van der Waals surface area contributed by atoms with Crippen LogP contribution in [0.3, 0.4) is 0 Å². The Morgan fingerprint density at radius 2 is 1.39 bits per heavy atom. The van der Waals surface area contributed by atoms with E-state index in [1.165, 1.54) is 38.5 Å². The summed E-state index contributed by atoms with van der Waals surface area (Å²) in [5, 5.41) is 0. The van der Waals surface area contributed by atoms with Crippen molar-refractivity contribution in [3.8, 4) is 22.6 Å². The summed E-state index contributed by atoms with van der Waals surface area (Å²) >= 11 is 5.46.